The van der Waals surface area contributed by atoms with Crippen LogP contribution >= 0.6 is 0 Å². The molecule has 5 heteroatoms. The highest BCUT2D eigenvalue weighted by Gasteiger charge is 2.01. The van der Waals surface area contributed by atoms with E-state index in [9.17, 15) is 0 Å². The second kappa shape index (κ2) is 5.94. The molecule has 0 fully saturated rings. The average Bonchev–Trinajstić information content (AvgIpc) is 2.24. The molecular weight excluding hydrogens is 190 g/mol. The number of anilines is 1. The van der Waals surface area contributed by atoms with Gasteiger partial charge in [-0.05, 0) is 33.1 Å². The van der Waals surface area contributed by atoms with Crippen LogP contribution < -0.4 is 5.32 Å². The van der Waals surface area contributed by atoms with Crippen LogP contribution in [0.15, 0.2) is 12.3 Å². The maximum Gasteiger partial charge on any atom is 0.166 e. The molecule has 0 bridgehead atoms. The molecule has 15 heavy (non-hydrogen) atoms. The standard InChI is InChI=1S/C10H15N5/c1-15(2)7-3-5-12-10-9(8-11)4-6-13-14-10/h4,6H,3,5,7H2,1-2H3,(H,12,14). The van der Waals surface area contributed by atoms with E-state index in [1.165, 1.54) is 6.20 Å². The van der Waals surface area contributed by atoms with E-state index >= 15 is 0 Å². The monoisotopic (exact) mass is 205 g/mol. The molecule has 1 aromatic heterocycles. The average molecular weight is 205 g/mol. The third kappa shape index (κ3) is 3.92. The Kier molecular flexibility index (Phi) is 4.51. The summed E-state index contributed by atoms with van der Waals surface area (Å²) < 4.78 is 0. The van der Waals surface area contributed by atoms with Gasteiger partial charge in [0.15, 0.2) is 5.82 Å². The largest absolute Gasteiger partial charge is 0.367 e. The number of nitrogens with zero attached hydrogens (tertiary/aromatic N) is 4. The summed E-state index contributed by atoms with van der Waals surface area (Å²) in [6, 6.07) is 3.72. The highest BCUT2D eigenvalue weighted by molar-refractivity contribution is 5.49. The Morgan fingerprint density at radius 2 is 2.33 bits per heavy atom. The Bertz CT molecular complexity index is 342. The minimum Gasteiger partial charge on any atom is -0.367 e. The van der Waals surface area contributed by atoms with E-state index < -0.39 is 0 Å². The zero-order valence-electron chi connectivity index (χ0n) is 9.06. The van der Waals surface area contributed by atoms with Gasteiger partial charge in [-0.15, -0.1) is 5.10 Å². The predicted octanol–water partition coefficient (Wildman–Crippen LogP) is 0.712. The molecule has 0 atom stereocenters. The predicted molar refractivity (Wildman–Crippen MR) is 58.4 cm³/mol. The van der Waals surface area contributed by atoms with Gasteiger partial charge in [0.2, 0.25) is 0 Å². The van der Waals surface area contributed by atoms with E-state index in [0.717, 1.165) is 19.5 Å². The number of hydrogen-bond acceptors (Lipinski definition) is 5. The van der Waals surface area contributed by atoms with Crippen molar-refractivity contribution in [3.63, 3.8) is 0 Å². The maximum atomic E-state index is 8.80. The molecule has 0 spiro atoms. The van der Waals surface area contributed by atoms with Crippen molar-refractivity contribution in [3.05, 3.63) is 17.8 Å². The second-order valence-electron chi connectivity index (χ2n) is 3.49. The van der Waals surface area contributed by atoms with E-state index in [1.807, 2.05) is 14.1 Å². The zero-order chi connectivity index (χ0) is 11.1. The highest BCUT2D eigenvalue weighted by atomic mass is 15.2. The quantitative estimate of drug-likeness (QED) is 0.717. The first-order chi connectivity index (χ1) is 7.24. The minimum absolute atomic E-state index is 0.537. The Labute approximate surface area is 89.7 Å². The molecular formula is C10H15N5. The van der Waals surface area contributed by atoms with Gasteiger partial charge >= 0.3 is 0 Å². The van der Waals surface area contributed by atoms with Crippen LogP contribution in [0.3, 0.4) is 0 Å². The number of nitriles is 1. The van der Waals surface area contributed by atoms with Crippen molar-refractivity contribution in [2.75, 3.05) is 32.5 Å². The third-order valence-corrected chi connectivity index (χ3v) is 1.92. The molecule has 0 radical (unpaired) electrons. The van der Waals surface area contributed by atoms with Gasteiger partial charge in [0, 0.05) is 6.54 Å². The van der Waals surface area contributed by atoms with Crippen molar-refractivity contribution >= 4 is 5.82 Å². The smallest absolute Gasteiger partial charge is 0.166 e. The van der Waals surface area contributed by atoms with Crippen molar-refractivity contribution in [2.24, 2.45) is 0 Å². The lowest BCUT2D eigenvalue weighted by atomic mass is 10.3. The normalized spacial score (nSPS) is 10.0. The Morgan fingerprint density at radius 3 is 3.00 bits per heavy atom. The van der Waals surface area contributed by atoms with Crippen LogP contribution in [0.25, 0.3) is 0 Å². The van der Waals surface area contributed by atoms with E-state index in [2.05, 4.69) is 26.5 Å². The number of aromatic nitrogens is 2. The van der Waals surface area contributed by atoms with Crippen LogP contribution in [0.4, 0.5) is 5.82 Å². The van der Waals surface area contributed by atoms with Crippen molar-refractivity contribution in [2.45, 2.75) is 6.42 Å². The van der Waals surface area contributed by atoms with Gasteiger partial charge < -0.3 is 10.2 Å². The molecule has 0 unspecified atom stereocenters. The first-order valence-electron chi connectivity index (χ1n) is 4.84. The lowest BCUT2D eigenvalue weighted by Crippen LogP contribution is -2.17. The summed E-state index contributed by atoms with van der Waals surface area (Å²) in [5, 5.41) is 19.5. The number of rotatable bonds is 5. The molecule has 80 valence electrons. The van der Waals surface area contributed by atoms with Crippen LogP contribution in [0.2, 0.25) is 0 Å². The fourth-order valence-electron chi connectivity index (χ4n) is 1.15. The van der Waals surface area contributed by atoms with E-state index in [0.29, 0.717) is 11.4 Å². The molecule has 1 rings (SSSR count). The molecule has 0 aromatic carbocycles. The third-order valence-electron chi connectivity index (χ3n) is 1.92. The summed E-state index contributed by atoms with van der Waals surface area (Å²) in [6.07, 6.45) is 2.53. The molecule has 1 aromatic rings. The van der Waals surface area contributed by atoms with E-state index in [-0.39, 0.29) is 0 Å². The molecule has 0 aliphatic rings. The van der Waals surface area contributed by atoms with Gasteiger partial charge in [-0.25, -0.2) is 0 Å². The van der Waals surface area contributed by atoms with Gasteiger partial charge in [-0.1, -0.05) is 0 Å². The van der Waals surface area contributed by atoms with Crippen LogP contribution in [-0.2, 0) is 0 Å². The fourth-order valence-corrected chi connectivity index (χ4v) is 1.15. The molecule has 5 nitrogen and oxygen atoms in total. The molecule has 1 heterocycles. The highest BCUT2D eigenvalue weighted by Crippen LogP contribution is 2.07. The molecule has 1 N–H and O–H groups in total. The summed E-state index contributed by atoms with van der Waals surface area (Å²) >= 11 is 0. The summed E-state index contributed by atoms with van der Waals surface area (Å²) in [4.78, 5) is 2.11. The van der Waals surface area contributed by atoms with E-state index in [4.69, 9.17) is 5.26 Å². The van der Waals surface area contributed by atoms with Gasteiger partial charge in [0.1, 0.15) is 6.07 Å². The number of nitrogens with one attached hydrogen (secondary N) is 1. The van der Waals surface area contributed by atoms with Crippen LogP contribution in [-0.4, -0.2) is 42.3 Å². The van der Waals surface area contributed by atoms with Crippen LogP contribution in [0.5, 0.6) is 0 Å². The fraction of sp³-hybridized carbons (Fsp3) is 0.500. The van der Waals surface area contributed by atoms with Crippen molar-refractivity contribution in [3.8, 4) is 6.07 Å². The summed E-state index contributed by atoms with van der Waals surface area (Å²) in [7, 11) is 4.06. The second-order valence-corrected chi connectivity index (χ2v) is 3.49. The summed E-state index contributed by atoms with van der Waals surface area (Å²) in [6.45, 7) is 1.81. The van der Waals surface area contributed by atoms with Gasteiger partial charge in [-0.2, -0.15) is 10.4 Å². The summed E-state index contributed by atoms with van der Waals surface area (Å²) in [5.41, 5.74) is 0.537. The summed E-state index contributed by atoms with van der Waals surface area (Å²) in [5.74, 6) is 0.568. The molecule has 0 aliphatic carbocycles. The zero-order valence-corrected chi connectivity index (χ0v) is 9.06. The van der Waals surface area contributed by atoms with Gasteiger partial charge in [0.25, 0.3) is 0 Å². The van der Waals surface area contributed by atoms with E-state index in [1.54, 1.807) is 6.07 Å². The van der Waals surface area contributed by atoms with Crippen molar-refractivity contribution in [1.82, 2.24) is 15.1 Å². The Hall–Kier alpha value is -1.67. The Morgan fingerprint density at radius 1 is 1.53 bits per heavy atom. The van der Waals surface area contributed by atoms with Crippen LogP contribution in [0, 0.1) is 11.3 Å². The topological polar surface area (TPSA) is 64.8 Å². The van der Waals surface area contributed by atoms with Gasteiger partial charge in [-0.3, -0.25) is 0 Å². The molecule has 0 aliphatic heterocycles. The SMILES string of the molecule is CN(C)CCCNc1nnccc1C#N. The number of hydrogen-bond donors (Lipinski definition) is 1. The van der Waals surface area contributed by atoms with Gasteiger partial charge in [0.05, 0.1) is 11.8 Å². The minimum atomic E-state index is 0.537. The first kappa shape index (κ1) is 11.4. The lowest BCUT2D eigenvalue weighted by Gasteiger charge is -2.10. The maximum absolute atomic E-state index is 8.80. The molecule has 0 amide bonds. The first-order valence-corrected chi connectivity index (χ1v) is 4.84. The molecule has 0 saturated carbocycles. The van der Waals surface area contributed by atoms with Crippen molar-refractivity contribution < 1.29 is 0 Å². The van der Waals surface area contributed by atoms with Crippen molar-refractivity contribution in [1.29, 1.82) is 5.26 Å². The Balaban J connectivity index is 2.41. The lowest BCUT2D eigenvalue weighted by molar-refractivity contribution is 0.405. The molecule has 0 saturated heterocycles. The van der Waals surface area contributed by atoms with Crippen LogP contribution in [0.1, 0.15) is 12.0 Å².